The van der Waals surface area contributed by atoms with Crippen molar-refractivity contribution in [2.75, 3.05) is 6.79 Å². The molecule has 8 heteroatoms. The van der Waals surface area contributed by atoms with E-state index in [0.29, 0.717) is 28.9 Å². The molecule has 0 spiro atoms. The van der Waals surface area contributed by atoms with E-state index >= 15 is 0 Å². The van der Waals surface area contributed by atoms with E-state index in [9.17, 15) is 9.59 Å². The molecule has 1 amide bonds. The zero-order chi connectivity index (χ0) is 18.5. The first-order chi connectivity index (χ1) is 13.1. The minimum absolute atomic E-state index is 0.0644. The molecule has 8 nitrogen and oxygen atoms in total. The number of rotatable bonds is 4. The lowest BCUT2D eigenvalue weighted by atomic mass is 9.95. The molecule has 27 heavy (non-hydrogen) atoms. The standard InChI is InChI=1S/C19H22N4O4/c1-11-21-22(9-18(24)20-15-7-12-2-3-13(15)6-12)19(25)23(11)14-4-5-16-17(8-14)27-10-26-16/h4-5,8,12-13,15H,2-3,6-7,9-10H2,1H3,(H,20,24)/t12-,13+,15-/m1/s1. The summed E-state index contributed by atoms with van der Waals surface area (Å²) in [5, 5.41) is 7.38. The molecular formula is C19H22N4O4. The van der Waals surface area contributed by atoms with E-state index < -0.39 is 0 Å². The maximum absolute atomic E-state index is 12.8. The SMILES string of the molecule is Cc1nn(CC(=O)N[C@@H]2C[C@@H]3CC[C@H]2C3)c(=O)n1-c1ccc2c(c1)OCO2. The number of carbonyl (C=O) groups excluding carboxylic acids is 1. The largest absolute Gasteiger partial charge is 0.454 e. The smallest absolute Gasteiger partial charge is 0.351 e. The van der Waals surface area contributed by atoms with E-state index in [-0.39, 0.29) is 31.0 Å². The number of hydrogen-bond donors (Lipinski definition) is 1. The van der Waals surface area contributed by atoms with E-state index in [2.05, 4.69) is 10.4 Å². The number of hydrogen-bond acceptors (Lipinski definition) is 5. The topological polar surface area (TPSA) is 87.4 Å². The van der Waals surface area contributed by atoms with Crippen molar-refractivity contribution in [1.29, 1.82) is 0 Å². The quantitative estimate of drug-likeness (QED) is 0.878. The lowest BCUT2D eigenvalue weighted by molar-refractivity contribution is -0.123. The molecule has 3 atom stereocenters. The summed E-state index contributed by atoms with van der Waals surface area (Å²) in [6.07, 6.45) is 4.78. The Bertz CT molecular complexity index is 963. The van der Waals surface area contributed by atoms with Crippen LogP contribution in [0.5, 0.6) is 11.5 Å². The molecule has 0 radical (unpaired) electrons. The number of fused-ring (bicyclic) bond motifs is 3. The van der Waals surface area contributed by atoms with Gasteiger partial charge in [-0.3, -0.25) is 4.79 Å². The Balaban J connectivity index is 1.35. The number of amides is 1. The van der Waals surface area contributed by atoms with Gasteiger partial charge in [-0.1, -0.05) is 6.42 Å². The first-order valence-electron chi connectivity index (χ1n) is 9.44. The zero-order valence-electron chi connectivity index (χ0n) is 15.2. The summed E-state index contributed by atoms with van der Waals surface area (Å²) in [5.74, 6) is 2.98. The van der Waals surface area contributed by atoms with Crippen LogP contribution in [0, 0.1) is 18.8 Å². The van der Waals surface area contributed by atoms with Gasteiger partial charge >= 0.3 is 5.69 Å². The molecule has 2 fully saturated rings. The number of nitrogens with one attached hydrogen (secondary N) is 1. The fourth-order valence-electron chi connectivity index (χ4n) is 4.75. The highest BCUT2D eigenvalue weighted by molar-refractivity contribution is 5.76. The molecular weight excluding hydrogens is 348 g/mol. The zero-order valence-corrected chi connectivity index (χ0v) is 15.2. The van der Waals surface area contributed by atoms with Gasteiger partial charge in [0.15, 0.2) is 11.5 Å². The van der Waals surface area contributed by atoms with E-state index in [4.69, 9.17) is 9.47 Å². The van der Waals surface area contributed by atoms with Crippen molar-refractivity contribution in [2.45, 2.75) is 45.2 Å². The normalized spacial score (nSPS) is 25.1. The van der Waals surface area contributed by atoms with Gasteiger partial charge in [-0.05, 0) is 50.2 Å². The van der Waals surface area contributed by atoms with Crippen molar-refractivity contribution in [3.05, 3.63) is 34.5 Å². The molecule has 1 aromatic heterocycles. The summed E-state index contributed by atoms with van der Waals surface area (Å²) in [4.78, 5) is 25.3. The van der Waals surface area contributed by atoms with Crippen LogP contribution in [-0.4, -0.2) is 33.1 Å². The van der Waals surface area contributed by atoms with E-state index in [1.807, 2.05) is 0 Å². The molecule has 3 aliphatic rings. The van der Waals surface area contributed by atoms with Crippen LogP contribution in [-0.2, 0) is 11.3 Å². The number of carbonyl (C=O) groups is 1. The molecule has 5 rings (SSSR count). The second-order valence-corrected chi connectivity index (χ2v) is 7.71. The summed E-state index contributed by atoms with van der Waals surface area (Å²) in [5.41, 5.74) is 0.302. The van der Waals surface area contributed by atoms with Crippen molar-refractivity contribution in [2.24, 2.45) is 11.8 Å². The van der Waals surface area contributed by atoms with Crippen LogP contribution in [0.1, 0.15) is 31.5 Å². The third kappa shape index (κ3) is 2.79. The number of benzene rings is 1. The molecule has 2 aliphatic carbocycles. The van der Waals surface area contributed by atoms with Crippen molar-refractivity contribution < 1.29 is 14.3 Å². The van der Waals surface area contributed by atoms with Crippen LogP contribution in [0.3, 0.4) is 0 Å². The maximum atomic E-state index is 12.8. The van der Waals surface area contributed by atoms with Gasteiger partial charge in [0, 0.05) is 12.1 Å². The number of aryl methyl sites for hydroxylation is 1. The minimum atomic E-state index is -0.338. The second-order valence-electron chi connectivity index (χ2n) is 7.71. The molecule has 2 saturated carbocycles. The van der Waals surface area contributed by atoms with E-state index in [1.54, 1.807) is 25.1 Å². The molecule has 1 N–H and O–H groups in total. The van der Waals surface area contributed by atoms with Crippen LogP contribution >= 0.6 is 0 Å². The first kappa shape index (κ1) is 16.4. The lowest BCUT2D eigenvalue weighted by Crippen LogP contribution is -2.41. The lowest BCUT2D eigenvalue weighted by Gasteiger charge is -2.22. The molecule has 142 valence electrons. The third-order valence-corrected chi connectivity index (χ3v) is 5.99. The Morgan fingerprint density at radius 1 is 1.26 bits per heavy atom. The van der Waals surface area contributed by atoms with Gasteiger partial charge in [0.2, 0.25) is 12.7 Å². The predicted octanol–water partition coefficient (Wildman–Crippen LogP) is 1.38. The van der Waals surface area contributed by atoms with E-state index in [0.717, 1.165) is 12.3 Å². The molecule has 0 saturated heterocycles. The maximum Gasteiger partial charge on any atom is 0.351 e. The second kappa shape index (κ2) is 6.14. The van der Waals surface area contributed by atoms with Crippen LogP contribution in [0.4, 0.5) is 0 Å². The number of ether oxygens (including phenoxy) is 2. The van der Waals surface area contributed by atoms with Gasteiger partial charge in [0.05, 0.1) is 5.69 Å². The van der Waals surface area contributed by atoms with Crippen LogP contribution in [0.2, 0.25) is 0 Å². The summed E-state index contributed by atoms with van der Waals surface area (Å²) < 4.78 is 13.4. The molecule has 2 bridgehead atoms. The average molecular weight is 370 g/mol. The molecule has 2 heterocycles. The number of nitrogens with zero attached hydrogens (tertiary/aromatic N) is 3. The highest BCUT2D eigenvalue weighted by Gasteiger charge is 2.40. The Labute approximate surface area is 156 Å². The highest BCUT2D eigenvalue weighted by atomic mass is 16.7. The fraction of sp³-hybridized carbons (Fsp3) is 0.526. The van der Waals surface area contributed by atoms with Crippen LogP contribution < -0.4 is 20.5 Å². The van der Waals surface area contributed by atoms with E-state index in [1.165, 1.54) is 28.5 Å². The summed E-state index contributed by atoms with van der Waals surface area (Å²) >= 11 is 0. The molecule has 1 aromatic carbocycles. The van der Waals surface area contributed by atoms with Gasteiger partial charge in [0.1, 0.15) is 12.4 Å². The first-order valence-corrected chi connectivity index (χ1v) is 9.44. The van der Waals surface area contributed by atoms with Gasteiger partial charge in [-0.25, -0.2) is 14.0 Å². The van der Waals surface area contributed by atoms with Gasteiger partial charge in [-0.2, -0.15) is 5.10 Å². The molecule has 2 aromatic rings. The monoisotopic (exact) mass is 370 g/mol. The van der Waals surface area contributed by atoms with Crippen molar-refractivity contribution >= 4 is 5.91 Å². The average Bonchev–Trinajstić information content (AvgIpc) is 3.40. The molecule has 1 aliphatic heterocycles. The van der Waals surface area contributed by atoms with Crippen molar-refractivity contribution in [1.82, 2.24) is 19.7 Å². The highest BCUT2D eigenvalue weighted by Crippen LogP contribution is 2.44. The van der Waals surface area contributed by atoms with Gasteiger partial charge in [0.25, 0.3) is 0 Å². The van der Waals surface area contributed by atoms with Crippen LogP contribution in [0.15, 0.2) is 23.0 Å². The van der Waals surface area contributed by atoms with Crippen LogP contribution in [0.25, 0.3) is 5.69 Å². The van der Waals surface area contributed by atoms with Gasteiger partial charge in [-0.15, -0.1) is 0 Å². The Hall–Kier alpha value is -2.77. The Kier molecular flexibility index (Phi) is 3.73. The minimum Gasteiger partial charge on any atom is -0.454 e. The number of aromatic nitrogens is 3. The van der Waals surface area contributed by atoms with Gasteiger partial charge < -0.3 is 14.8 Å². The summed E-state index contributed by atoms with van der Waals surface area (Å²) in [6, 6.07) is 5.55. The summed E-state index contributed by atoms with van der Waals surface area (Å²) in [6.45, 7) is 1.86. The predicted molar refractivity (Wildman–Crippen MR) is 96.1 cm³/mol. The Morgan fingerprint density at radius 3 is 2.89 bits per heavy atom. The fourth-order valence-corrected chi connectivity index (χ4v) is 4.75. The van der Waals surface area contributed by atoms with Crippen molar-refractivity contribution in [3.8, 4) is 17.2 Å². The Morgan fingerprint density at radius 2 is 2.11 bits per heavy atom. The van der Waals surface area contributed by atoms with Crippen molar-refractivity contribution in [3.63, 3.8) is 0 Å². The molecule has 0 unspecified atom stereocenters. The third-order valence-electron chi connectivity index (χ3n) is 5.99. The summed E-state index contributed by atoms with van der Waals surface area (Å²) in [7, 11) is 0.